The average Bonchev–Trinajstić information content (AvgIpc) is 3.34. The van der Waals surface area contributed by atoms with Gasteiger partial charge < -0.3 is 29.3 Å². The van der Waals surface area contributed by atoms with Crippen LogP contribution in [0.3, 0.4) is 0 Å². The third-order valence-corrected chi connectivity index (χ3v) is 7.44. The zero-order chi connectivity index (χ0) is 27.6. The van der Waals surface area contributed by atoms with Crippen LogP contribution in [0.25, 0.3) is 0 Å². The summed E-state index contributed by atoms with van der Waals surface area (Å²) in [6.07, 6.45) is -1.99. The molecule has 3 aromatic rings. The number of carbonyl (C=O) groups is 2. The van der Waals surface area contributed by atoms with Gasteiger partial charge in [0.1, 0.15) is 17.1 Å². The number of aliphatic hydroxyl groups excluding tert-OH is 1. The van der Waals surface area contributed by atoms with Crippen molar-refractivity contribution in [2.24, 2.45) is 5.41 Å². The van der Waals surface area contributed by atoms with Gasteiger partial charge in [-0.1, -0.05) is 37.6 Å². The van der Waals surface area contributed by atoms with Crippen LogP contribution in [-0.2, 0) is 16.0 Å². The number of para-hydroxylation sites is 1. The van der Waals surface area contributed by atoms with E-state index in [2.05, 4.69) is 4.98 Å². The second kappa shape index (κ2) is 11.3. The van der Waals surface area contributed by atoms with E-state index in [1.165, 1.54) is 19.7 Å². The summed E-state index contributed by atoms with van der Waals surface area (Å²) in [7, 11) is 3.05. The van der Waals surface area contributed by atoms with Crippen LogP contribution in [0.15, 0.2) is 41.9 Å². The van der Waals surface area contributed by atoms with E-state index >= 15 is 0 Å². The van der Waals surface area contributed by atoms with E-state index in [4.69, 9.17) is 25.8 Å². The minimum absolute atomic E-state index is 0.0453. The predicted octanol–water partition coefficient (Wildman–Crippen LogP) is 4.59. The molecule has 2 heterocycles. The number of fused-ring (bicyclic) bond motifs is 1. The molecule has 2 atom stereocenters. The van der Waals surface area contributed by atoms with E-state index in [0.717, 1.165) is 11.3 Å². The first kappa shape index (κ1) is 27.8. The Morgan fingerprint density at radius 3 is 2.63 bits per heavy atom. The van der Waals surface area contributed by atoms with Gasteiger partial charge in [0.25, 0.3) is 5.91 Å². The second-order valence-corrected chi connectivity index (χ2v) is 11.0. The van der Waals surface area contributed by atoms with Gasteiger partial charge >= 0.3 is 5.97 Å². The Hall–Kier alpha value is -3.18. The lowest BCUT2D eigenvalue weighted by Crippen LogP contribution is -2.46. The quantitative estimate of drug-likeness (QED) is 0.390. The fourth-order valence-electron chi connectivity index (χ4n) is 4.47. The number of hydrogen-bond donors (Lipinski definition) is 2. The summed E-state index contributed by atoms with van der Waals surface area (Å²) in [5.41, 5.74) is 2.83. The Morgan fingerprint density at radius 2 is 1.97 bits per heavy atom. The first-order valence-corrected chi connectivity index (χ1v) is 13.1. The van der Waals surface area contributed by atoms with Crippen LogP contribution in [-0.4, -0.2) is 60.5 Å². The number of carboxylic acid groups (broad SMARTS) is 1. The van der Waals surface area contributed by atoms with Crippen molar-refractivity contribution in [3.05, 3.63) is 68.6 Å². The highest BCUT2D eigenvalue weighted by Gasteiger charge is 2.40. The lowest BCUT2D eigenvalue weighted by atomic mass is 9.92. The van der Waals surface area contributed by atoms with Crippen molar-refractivity contribution in [1.82, 2.24) is 4.98 Å². The Labute approximate surface area is 229 Å². The number of anilines is 1. The summed E-state index contributed by atoms with van der Waals surface area (Å²) in [5, 5.41) is 20.1. The molecule has 0 saturated carbocycles. The summed E-state index contributed by atoms with van der Waals surface area (Å²) in [6.45, 7) is 3.72. The molecule has 0 spiro atoms. The molecular formula is C27H29ClN2O7S. The molecule has 4 rings (SSSR count). The predicted molar refractivity (Wildman–Crippen MR) is 144 cm³/mol. The third-order valence-electron chi connectivity index (χ3n) is 6.35. The summed E-state index contributed by atoms with van der Waals surface area (Å²) >= 11 is 7.42. The second-order valence-electron chi connectivity index (χ2n) is 9.67. The van der Waals surface area contributed by atoms with Crippen LogP contribution in [0, 0.1) is 5.41 Å². The van der Waals surface area contributed by atoms with Crippen molar-refractivity contribution in [2.75, 3.05) is 32.3 Å². The fourth-order valence-corrected chi connectivity index (χ4v) is 5.31. The molecule has 0 fully saturated rings. The summed E-state index contributed by atoms with van der Waals surface area (Å²) in [5.74, 6) is -0.594. The molecule has 0 unspecified atom stereocenters. The molecule has 1 aliphatic heterocycles. The number of halogens is 1. The minimum atomic E-state index is -1.12. The molecule has 0 saturated heterocycles. The maximum atomic E-state index is 14.1. The number of carbonyl (C=O) groups excluding carboxylic acids is 1. The number of amides is 1. The lowest BCUT2D eigenvalue weighted by molar-refractivity contribution is -0.132. The van der Waals surface area contributed by atoms with Crippen LogP contribution in [0.5, 0.6) is 11.5 Å². The van der Waals surface area contributed by atoms with Crippen molar-refractivity contribution in [1.29, 1.82) is 0 Å². The first-order chi connectivity index (χ1) is 18.1. The number of ether oxygens (including phenoxy) is 3. The monoisotopic (exact) mass is 560 g/mol. The fraction of sp³-hybridized carbons (Fsp3) is 0.370. The van der Waals surface area contributed by atoms with Crippen molar-refractivity contribution >= 4 is 40.5 Å². The van der Waals surface area contributed by atoms with Gasteiger partial charge in [-0.15, -0.1) is 11.3 Å². The van der Waals surface area contributed by atoms with Gasteiger partial charge in [-0.05, 0) is 24.3 Å². The largest absolute Gasteiger partial charge is 0.493 e. The number of benzene rings is 2. The van der Waals surface area contributed by atoms with E-state index in [9.17, 15) is 19.8 Å². The molecule has 1 aliphatic rings. The highest BCUT2D eigenvalue weighted by molar-refractivity contribution is 7.11. The molecule has 11 heteroatoms. The van der Waals surface area contributed by atoms with Gasteiger partial charge in [0.15, 0.2) is 11.5 Å². The van der Waals surface area contributed by atoms with E-state index in [1.54, 1.807) is 35.2 Å². The summed E-state index contributed by atoms with van der Waals surface area (Å²) in [6, 6.07) is 10.5. The normalized spacial score (nSPS) is 17.6. The number of methoxy groups -OCH3 is 2. The van der Waals surface area contributed by atoms with Crippen molar-refractivity contribution in [2.45, 2.75) is 32.5 Å². The van der Waals surface area contributed by atoms with Crippen LogP contribution < -0.4 is 14.4 Å². The Kier molecular flexibility index (Phi) is 8.27. The van der Waals surface area contributed by atoms with Crippen LogP contribution >= 0.6 is 22.9 Å². The first-order valence-electron chi connectivity index (χ1n) is 11.8. The summed E-state index contributed by atoms with van der Waals surface area (Å²) < 4.78 is 17.7. The number of nitrogens with zero attached hydrogens (tertiary/aromatic N) is 2. The van der Waals surface area contributed by atoms with Crippen LogP contribution in [0.4, 0.5) is 5.69 Å². The topological polar surface area (TPSA) is 118 Å². The molecule has 0 bridgehead atoms. The maximum Gasteiger partial charge on any atom is 0.347 e. The van der Waals surface area contributed by atoms with Crippen LogP contribution in [0.1, 0.15) is 46.4 Å². The Bertz CT molecular complexity index is 1340. The highest BCUT2D eigenvalue weighted by Crippen LogP contribution is 2.45. The molecular weight excluding hydrogens is 532 g/mol. The number of aliphatic hydroxyl groups is 1. The molecule has 38 heavy (non-hydrogen) atoms. The number of hydrogen-bond acceptors (Lipinski definition) is 8. The van der Waals surface area contributed by atoms with Gasteiger partial charge in [0, 0.05) is 46.8 Å². The van der Waals surface area contributed by atoms with Crippen molar-refractivity contribution < 1.29 is 34.0 Å². The number of thiazole rings is 1. The van der Waals surface area contributed by atoms with Crippen molar-refractivity contribution in [3.63, 3.8) is 0 Å². The zero-order valence-electron chi connectivity index (χ0n) is 21.4. The molecule has 1 aromatic heterocycles. The zero-order valence-corrected chi connectivity index (χ0v) is 23.0. The molecule has 2 N–H and O–H groups in total. The maximum absolute atomic E-state index is 14.1. The molecule has 2 aromatic carbocycles. The van der Waals surface area contributed by atoms with Crippen LogP contribution in [0.2, 0.25) is 5.02 Å². The van der Waals surface area contributed by atoms with E-state index in [0.29, 0.717) is 33.3 Å². The van der Waals surface area contributed by atoms with E-state index < -0.39 is 23.6 Å². The standard InChI is InChI=1S/C27H29ClN2O7S/c1-27(2,13-31)12-30-19-9-8-15(28)10-17(19)22(16-6-5-7-20(35-3)23(16)36-4)37-21(25(30)32)11-18-24(26(33)34)38-14-29-18/h5-10,14,21-22,31H,11-13H2,1-4H3,(H,33,34)/t21-,22-/m1/s1. The van der Waals surface area contributed by atoms with Gasteiger partial charge in [0.2, 0.25) is 0 Å². The smallest absolute Gasteiger partial charge is 0.347 e. The molecule has 0 radical (unpaired) electrons. The number of aromatic nitrogens is 1. The van der Waals surface area contributed by atoms with Gasteiger partial charge in [-0.3, -0.25) is 4.79 Å². The van der Waals surface area contributed by atoms with Gasteiger partial charge in [-0.25, -0.2) is 9.78 Å². The molecule has 0 aliphatic carbocycles. The highest BCUT2D eigenvalue weighted by atomic mass is 35.5. The minimum Gasteiger partial charge on any atom is -0.493 e. The average molecular weight is 561 g/mol. The number of carboxylic acids is 1. The summed E-state index contributed by atoms with van der Waals surface area (Å²) in [4.78, 5) is 31.7. The van der Waals surface area contributed by atoms with Crippen molar-refractivity contribution in [3.8, 4) is 11.5 Å². The SMILES string of the molecule is COc1cccc([C@H]2O[C@H](Cc3ncsc3C(=O)O)C(=O)N(CC(C)(C)CO)c3ccc(Cl)cc32)c1OC. The van der Waals surface area contributed by atoms with E-state index in [1.807, 2.05) is 19.9 Å². The third kappa shape index (κ3) is 5.49. The number of rotatable bonds is 9. The number of aromatic carboxylic acids is 1. The molecule has 1 amide bonds. The van der Waals surface area contributed by atoms with Gasteiger partial charge in [-0.2, -0.15) is 0 Å². The molecule has 202 valence electrons. The lowest BCUT2D eigenvalue weighted by Gasteiger charge is -2.32. The molecule has 9 nitrogen and oxygen atoms in total. The van der Waals surface area contributed by atoms with E-state index in [-0.39, 0.29) is 36.1 Å². The van der Waals surface area contributed by atoms with Gasteiger partial charge in [0.05, 0.1) is 25.4 Å². The Balaban J connectivity index is 1.92. The Morgan fingerprint density at radius 1 is 1.21 bits per heavy atom.